The van der Waals surface area contributed by atoms with E-state index in [9.17, 15) is 4.79 Å². The Morgan fingerprint density at radius 3 is 2.88 bits per heavy atom. The number of rotatable bonds is 2. The monoisotopic (exact) mass is 219 g/mol. The van der Waals surface area contributed by atoms with Crippen LogP contribution in [0, 0.1) is 0 Å². The van der Waals surface area contributed by atoms with Gasteiger partial charge in [0.15, 0.2) is 0 Å². The Balaban J connectivity index is 2.28. The van der Waals surface area contributed by atoms with Crippen molar-refractivity contribution in [2.75, 3.05) is 20.1 Å². The zero-order chi connectivity index (χ0) is 11.5. The van der Waals surface area contributed by atoms with Gasteiger partial charge in [-0.15, -0.1) is 0 Å². The smallest absolute Gasteiger partial charge is 0.335 e. The topological polar surface area (TPSA) is 40.5 Å². The Hall–Kier alpha value is -1.35. The van der Waals surface area contributed by atoms with Gasteiger partial charge in [-0.2, -0.15) is 0 Å². The van der Waals surface area contributed by atoms with Gasteiger partial charge < -0.3 is 10.0 Å². The molecule has 3 nitrogen and oxygen atoms in total. The number of carboxylic acid groups (broad SMARTS) is 1. The lowest BCUT2D eigenvalue weighted by atomic mass is 9.88. The highest BCUT2D eigenvalue weighted by molar-refractivity contribution is 5.89. The highest BCUT2D eigenvalue weighted by Gasteiger charge is 2.22. The van der Waals surface area contributed by atoms with E-state index >= 15 is 0 Å². The molecule has 16 heavy (non-hydrogen) atoms. The molecule has 0 bridgehead atoms. The first-order valence-electron chi connectivity index (χ1n) is 5.69. The molecule has 1 aliphatic heterocycles. The molecule has 1 aromatic rings. The van der Waals surface area contributed by atoms with Gasteiger partial charge in [0.1, 0.15) is 0 Å². The molecule has 1 fully saturated rings. The number of nitrogens with zero attached hydrogens (tertiary/aromatic N) is 1. The van der Waals surface area contributed by atoms with Crippen LogP contribution in [-0.4, -0.2) is 36.1 Å². The average Bonchev–Trinajstić information content (AvgIpc) is 2.29. The first-order valence-corrected chi connectivity index (χ1v) is 5.69. The predicted octanol–water partition coefficient (Wildman–Crippen LogP) is 2.19. The third kappa shape index (κ3) is 2.25. The summed E-state index contributed by atoms with van der Waals surface area (Å²) in [5.74, 6) is -0.449. The summed E-state index contributed by atoms with van der Waals surface area (Å²) in [4.78, 5) is 13.4. The Morgan fingerprint density at radius 1 is 1.44 bits per heavy atom. The van der Waals surface area contributed by atoms with Crippen LogP contribution >= 0.6 is 0 Å². The predicted molar refractivity (Wildman–Crippen MR) is 62.9 cm³/mol. The molecule has 0 amide bonds. The lowest BCUT2D eigenvalue weighted by Crippen LogP contribution is -2.31. The fourth-order valence-electron chi connectivity index (χ4n) is 2.47. The summed E-state index contributed by atoms with van der Waals surface area (Å²) in [5, 5.41) is 9.15. The molecule has 1 saturated heterocycles. The van der Waals surface area contributed by atoms with E-state index in [1.807, 2.05) is 12.1 Å². The zero-order valence-electron chi connectivity index (χ0n) is 9.52. The van der Waals surface area contributed by atoms with E-state index in [1.165, 1.54) is 0 Å². The summed E-state index contributed by atoms with van der Waals surface area (Å²) in [7, 11) is 2.09. The van der Waals surface area contributed by atoms with Crippen molar-refractivity contribution in [3.8, 4) is 0 Å². The molecular formula is C13H17NO2. The molecule has 0 spiro atoms. The molecule has 1 N–H and O–H groups in total. The second-order valence-electron chi connectivity index (χ2n) is 4.49. The van der Waals surface area contributed by atoms with Gasteiger partial charge >= 0.3 is 5.97 Å². The third-order valence-corrected chi connectivity index (χ3v) is 3.26. The summed E-state index contributed by atoms with van der Waals surface area (Å²) in [5.41, 5.74) is 1.45. The van der Waals surface area contributed by atoms with E-state index in [0.717, 1.165) is 31.5 Å². The van der Waals surface area contributed by atoms with E-state index < -0.39 is 5.97 Å². The van der Waals surface area contributed by atoms with Crippen LogP contribution in [0.5, 0.6) is 0 Å². The lowest BCUT2D eigenvalue weighted by Gasteiger charge is -2.30. The first kappa shape index (κ1) is 11.1. The third-order valence-electron chi connectivity index (χ3n) is 3.26. The molecule has 2 rings (SSSR count). The summed E-state index contributed by atoms with van der Waals surface area (Å²) in [6, 6.07) is 7.37. The molecule has 0 saturated carbocycles. The van der Waals surface area contributed by atoms with Gasteiger partial charge in [-0.1, -0.05) is 18.2 Å². The maximum Gasteiger partial charge on any atom is 0.335 e. The highest BCUT2D eigenvalue weighted by atomic mass is 16.4. The number of hydrogen-bond donors (Lipinski definition) is 1. The van der Waals surface area contributed by atoms with Gasteiger partial charge in [-0.25, -0.2) is 4.79 Å². The van der Waals surface area contributed by atoms with Gasteiger partial charge in [-0.05, 0) is 44.0 Å². The summed E-state index contributed by atoms with van der Waals surface area (Å²) < 4.78 is 0. The fraction of sp³-hybridized carbons (Fsp3) is 0.462. The van der Waals surface area contributed by atoms with Gasteiger partial charge in [0, 0.05) is 6.54 Å². The molecule has 3 heteroatoms. The molecule has 1 heterocycles. The van der Waals surface area contributed by atoms with E-state index in [-0.39, 0.29) is 0 Å². The van der Waals surface area contributed by atoms with E-state index in [2.05, 4.69) is 11.9 Å². The van der Waals surface area contributed by atoms with Crippen LogP contribution in [0.1, 0.15) is 34.7 Å². The second-order valence-corrected chi connectivity index (χ2v) is 4.49. The Morgan fingerprint density at radius 2 is 2.19 bits per heavy atom. The number of likely N-dealkylation sites (N-methyl/N-ethyl adjacent to an activating group) is 1. The molecule has 86 valence electrons. The van der Waals surface area contributed by atoms with Gasteiger partial charge in [0.05, 0.1) is 5.56 Å². The zero-order valence-corrected chi connectivity index (χ0v) is 9.52. The number of piperidine rings is 1. The lowest BCUT2D eigenvalue weighted by molar-refractivity contribution is 0.0694. The number of benzene rings is 1. The van der Waals surface area contributed by atoms with Crippen molar-refractivity contribution in [3.05, 3.63) is 35.4 Å². The van der Waals surface area contributed by atoms with Crippen molar-refractivity contribution in [3.63, 3.8) is 0 Å². The summed E-state index contributed by atoms with van der Waals surface area (Å²) in [6.07, 6.45) is 2.24. The van der Waals surface area contributed by atoms with Crippen LogP contribution in [0.15, 0.2) is 24.3 Å². The number of aromatic carboxylic acids is 1. The SMILES string of the molecule is CN1CCC[C@@H](c2ccccc2C(=O)O)C1. The Labute approximate surface area is 95.7 Å². The van der Waals surface area contributed by atoms with Crippen LogP contribution < -0.4 is 0 Å². The van der Waals surface area contributed by atoms with Gasteiger partial charge in [0.25, 0.3) is 0 Å². The molecule has 0 aromatic heterocycles. The standard InChI is InChI=1S/C13H17NO2/c1-14-8-4-5-10(9-14)11-6-2-3-7-12(11)13(15)16/h2-3,6-7,10H,4-5,8-9H2,1H3,(H,15,16)/t10-/m1/s1. The minimum atomic E-state index is -0.816. The van der Waals surface area contributed by atoms with Gasteiger partial charge in [-0.3, -0.25) is 0 Å². The molecule has 0 radical (unpaired) electrons. The molecule has 1 aliphatic rings. The molecule has 0 unspecified atom stereocenters. The molecule has 0 aliphatic carbocycles. The van der Waals surface area contributed by atoms with Gasteiger partial charge in [0.2, 0.25) is 0 Å². The highest BCUT2D eigenvalue weighted by Crippen LogP contribution is 2.28. The quantitative estimate of drug-likeness (QED) is 0.829. The van der Waals surface area contributed by atoms with E-state index in [4.69, 9.17) is 5.11 Å². The van der Waals surface area contributed by atoms with Crippen LogP contribution in [0.3, 0.4) is 0 Å². The second kappa shape index (κ2) is 4.66. The van der Waals surface area contributed by atoms with Crippen LogP contribution in [0.2, 0.25) is 0 Å². The molecule has 1 atom stereocenters. The normalized spacial score (nSPS) is 21.9. The maximum absolute atomic E-state index is 11.1. The molecule has 1 aromatic carbocycles. The van der Waals surface area contributed by atoms with Crippen molar-refractivity contribution in [2.45, 2.75) is 18.8 Å². The number of carbonyl (C=O) groups is 1. The minimum absolute atomic E-state index is 0.367. The van der Waals surface area contributed by atoms with Crippen molar-refractivity contribution in [1.82, 2.24) is 4.90 Å². The van der Waals surface area contributed by atoms with Crippen LogP contribution in [-0.2, 0) is 0 Å². The Kier molecular flexibility index (Phi) is 3.25. The van der Waals surface area contributed by atoms with E-state index in [1.54, 1.807) is 12.1 Å². The Bertz CT molecular complexity index is 389. The molecular weight excluding hydrogens is 202 g/mol. The van der Waals surface area contributed by atoms with Crippen LogP contribution in [0.4, 0.5) is 0 Å². The fourth-order valence-corrected chi connectivity index (χ4v) is 2.47. The summed E-state index contributed by atoms with van der Waals surface area (Å²) >= 11 is 0. The van der Waals surface area contributed by atoms with Crippen molar-refractivity contribution >= 4 is 5.97 Å². The number of likely N-dealkylation sites (tertiary alicyclic amines) is 1. The first-order chi connectivity index (χ1) is 7.68. The largest absolute Gasteiger partial charge is 0.478 e. The number of hydrogen-bond acceptors (Lipinski definition) is 2. The minimum Gasteiger partial charge on any atom is -0.478 e. The van der Waals surface area contributed by atoms with Crippen LogP contribution in [0.25, 0.3) is 0 Å². The average molecular weight is 219 g/mol. The van der Waals surface area contributed by atoms with Crippen molar-refractivity contribution < 1.29 is 9.90 Å². The summed E-state index contributed by atoms with van der Waals surface area (Å²) in [6.45, 7) is 2.08. The van der Waals surface area contributed by atoms with Crippen molar-refractivity contribution in [1.29, 1.82) is 0 Å². The van der Waals surface area contributed by atoms with Crippen molar-refractivity contribution in [2.24, 2.45) is 0 Å². The van der Waals surface area contributed by atoms with E-state index in [0.29, 0.717) is 11.5 Å². The number of carboxylic acids is 1. The maximum atomic E-state index is 11.1.